The molecule has 0 aliphatic carbocycles. The Morgan fingerprint density at radius 1 is 1.27 bits per heavy atom. The molecule has 0 amide bonds. The van der Waals surface area contributed by atoms with Crippen LogP contribution in [0.5, 0.6) is 0 Å². The number of likely N-dealkylation sites (N-methyl/N-ethyl adjacent to an activating group) is 1. The van der Waals surface area contributed by atoms with E-state index in [1.165, 1.54) is 16.7 Å². The van der Waals surface area contributed by atoms with Crippen LogP contribution in [-0.4, -0.2) is 12.6 Å². The van der Waals surface area contributed by atoms with Crippen molar-refractivity contribution in [2.45, 2.75) is 39.3 Å². The summed E-state index contributed by atoms with van der Waals surface area (Å²) in [7, 11) is 1.96. The second kappa shape index (κ2) is 4.33. The first kappa shape index (κ1) is 12.2. The van der Waals surface area contributed by atoms with E-state index in [1.807, 2.05) is 7.05 Å². The van der Waals surface area contributed by atoms with Gasteiger partial charge < -0.3 is 11.1 Å². The predicted molar refractivity (Wildman–Crippen MR) is 66.0 cm³/mol. The molecule has 0 aromatic heterocycles. The number of nitrogens with two attached hydrogens (primary N) is 1. The van der Waals surface area contributed by atoms with Crippen molar-refractivity contribution in [1.82, 2.24) is 5.32 Å². The molecule has 0 bridgehead atoms. The average molecular weight is 206 g/mol. The summed E-state index contributed by atoms with van der Waals surface area (Å²) in [6, 6.07) is 6.69. The molecule has 0 heterocycles. The van der Waals surface area contributed by atoms with E-state index in [9.17, 15) is 0 Å². The molecule has 84 valence electrons. The molecule has 1 rings (SSSR count). The van der Waals surface area contributed by atoms with Gasteiger partial charge in [0.05, 0.1) is 0 Å². The van der Waals surface area contributed by atoms with Crippen molar-refractivity contribution in [3.63, 3.8) is 0 Å². The minimum absolute atomic E-state index is 0.192. The molecule has 0 aliphatic rings. The average Bonchev–Trinajstić information content (AvgIpc) is 2.10. The van der Waals surface area contributed by atoms with Gasteiger partial charge in [0.25, 0.3) is 0 Å². The Balaban J connectivity index is 3.18. The minimum atomic E-state index is -0.257. The highest BCUT2D eigenvalue weighted by atomic mass is 14.9. The van der Waals surface area contributed by atoms with E-state index in [2.05, 4.69) is 51.2 Å². The third-order valence-electron chi connectivity index (χ3n) is 2.78. The van der Waals surface area contributed by atoms with Gasteiger partial charge in [0.15, 0.2) is 0 Å². The summed E-state index contributed by atoms with van der Waals surface area (Å²) in [4.78, 5) is 0. The molecule has 3 N–H and O–H groups in total. The van der Waals surface area contributed by atoms with Crippen molar-refractivity contribution in [3.05, 3.63) is 34.9 Å². The fourth-order valence-electron chi connectivity index (χ4n) is 2.00. The van der Waals surface area contributed by atoms with Crippen molar-refractivity contribution in [2.24, 2.45) is 5.73 Å². The van der Waals surface area contributed by atoms with E-state index in [1.54, 1.807) is 0 Å². The quantitative estimate of drug-likeness (QED) is 0.796. The smallest absolute Gasteiger partial charge is 0.0497 e. The van der Waals surface area contributed by atoms with Crippen molar-refractivity contribution in [1.29, 1.82) is 0 Å². The van der Waals surface area contributed by atoms with Crippen molar-refractivity contribution in [2.75, 3.05) is 7.05 Å². The molecule has 2 heteroatoms. The van der Waals surface area contributed by atoms with Crippen molar-refractivity contribution in [3.8, 4) is 0 Å². The normalized spacial score (nSPS) is 14.0. The van der Waals surface area contributed by atoms with Gasteiger partial charge in [-0.1, -0.05) is 23.8 Å². The molecular formula is C13H22N2. The Hall–Kier alpha value is -0.860. The molecule has 0 fully saturated rings. The largest absolute Gasteiger partial charge is 0.324 e. The van der Waals surface area contributed by atoms with Crippen LogP contribution in [0.1, 0.15) is 36.6 Å². The number of benzene rings is 1. The maximum Gasteiger partial charge on any atom is 0.0497 e. The second-order valence-corrected chi connectivity index (χ2v) is 4.90. The molecule has 15 heavy (non-hydrogen) atoms. The zero-order valence-electron chi connectivity index (χ0n) is 10.4. The number of hydrogen-bond acceptors (Lipinski definition) is 2. The Labute approximate surface area is 92.9 Å². The predicted octanol–water partition coefficient (Wildman–Crippen LogP) is 2.30. The lowest BCUT2D eigenvalue weighted by atomic mass is 9.86. The molecular weight excluding hydrogens is 184 g/mol. The van der Waals surface area contributed by atoms with Crippen LogP contribution in [0.3, 0.4) is 0 Å². The van der Waals surface area contributed by atoms with E-state index in [0.717, 1.165) is 0 Å². The van der Waals surface area contributed by atoms with Gasteiger partial charge in [0.2, 0.25) is 0 Å². The van der Waals surface area contributed by atoms with Gasteiger partial charge in [0.1, 0.15) is 0 Å². The van der Waals surface area contributed by atoms with Crippen LogP contribution in [-0.2, 0) is 0 Å². The minimum Gasteiger partial charge on any atom is -0.324 e. The van der Waals surface area contributed by atoms with Gasteiger partial charge in [-0.05, 0) is 45.9 Å². The Kier molecular flexibility index (Phi) is 3.53. The first-order valence-electron chi connectivity index (χ1n) is 5.39. The maximum absolute atomic E-state index is 6.18. The lowest BCUT2D eigenvalue weighted by molar-refractivity contribution is 0.369. The Morgan fingerprint density at radius 2 is 1.87 bits per heavy atom. The van der Waals surface area contributed by atoms with E-state index < -0.39 is 0 Å². The topological polar surface area (TPSA) is 38.0 Å². The Morgan fingerprint density at radius 3 is 2.33 bits per heavy atom. The first-order valence-corrected chi connectivity index (χ1v) is 5.39. The summed E-state index contributed by atoms with van der Waals surface area (Å²) >= 11 is 0. The summed E-state index contributed by atoms with van der Waals surface area (Å²) in [5, 5.41) is 3.30. The molecule has 0 radical (unpaired) electrons. The van der Waals surface area contributed by atoms with Gasteiger partial charge in [-0.15, -0.1) is 0 Å². The van der Waals surface area contributed by atoms with Crippen molar-refractivity contribution >= 4 is 0 Å². The van der Waals surface area contributed by atoms with Crippen LogP contribution in [0.2, 0.25) is 0 Å². The van der Waals surface area contributed by atoms with Crippen LogP contribution in [0.4, 0.5) is 0 Å². The highest BCUT2D eigenvalue weighted by Gasteiger charge is 2.26. The SMILES string of the molecule is CNC(c1cc(C)ccc1C)C(C)(C)N. The molecule has 1 aromatic carbocycles. The molecule has 0 aliphatic heterocycles. The highest BCUT2D eigenvalue weighted by molar-refractivity contribution is 5.34. The third kappa shape index (κ3) is 2.80. The van der Waals surface area contributed by atoms with Crippen LogP contribution in [0, 0.1) is 13.8 Å². The molecule has 2 nitrogen and oxygen atoms in total. The molecule has 1 unspecified atom stereocenters. The van der Waals surface area contributed by atoms with E-state index >= 15 is 0 Å². The van der Waals surface area contributed by atoms with Gasteiger partial charge in [0, 0.05) is 11.6 Å². The van der Waals surface area contributed by atoms with Gasteiger partial charge >= 0.3 is 0 Å². The maximum atomic E-state index is 6.18. The van der Waals surface area contributed by atoms with Crippen LogP contribution < -0.4 is 11.1 Å². The third-order valence-corrected chi connectivity index (χ3v) is 2.78. The monoisotopic (exact) mass is 206 g/mol. The van der Waals surface area contributed by atoms with E-state index in [4.69, 9.17) is 5.73 Å². The first-order chi connectivity index (χ1) is 6.86. The number of nitrogens with one attached hydrogen (secondary N) is 1. The zero-order chi connectivity index (χ0) is 11.6. The van der Waals surface area contributed by atoms with Crippen LogP contribution in [0.15, 0.2) is 18.2 Å². The molecule has 0 saturated heterocycles. The molecule has 1 aromatic rings. The standard InChI is InChI=1S/C13H22N2/c1-9-6-7-10(2)11(8-9)12(15-5)13(3,4)14/h6-8,12,15H,14H2,1-5H3. The fraction of sp³-hybridized carbons (Fsp3) is 0.538. The summed E-state index contributed by atoms with van der Waals surface area (Å²) < 4.78 is 0. The number of rotatable bonds is 3. The lowest BCUT2D eigenvalue weighted by Crippen LogP contribution is -2.45. The number of aryl methyl sites for hydroxylation is 2. The highest BCUT2D eigenvalue weighted by Crippen LogP contribution is 2.26. The fourth-order valence-corrected chi connectivity index (χ4v) is 2.00. The van der Waals surface area contributed by atoms with E-state index in [-0.39, 0.29) is 11.6 Å². The van der Waals surface area contributed by atoms with E-state index in [0.29, 0.717) is 0 Å². The summed E-state index contributed by atoms with van der Waals surface area (Å²) in [6.07, 6.45) is 0. The zero-order valence-corrected chi connectivity index (χ0v) is 10.4. The van der Waals surface area contributed by atoms with Gasteiger partial charge in [-0.3, -0.25) is 0 Å². The van der Waals surface area contributed by atoms with Gasteiger partial charge in [-0.25, -0.2) is 0 Å². The van der Waals surface area contributed by atoms with Crippen LogP contribution in [0.25, 0.3) is 0 Å². The second-order valence-electron chi connectivity index (χ2n) is 4.90. The molecule has 0 spiro atoms. The Bertz CT molecular complexity index is 337. The molecule has 1 atom stereocenters. The van der Waals surface area contributed by atoms with Gasteiger partial charge in [-0.2, -0.15) is 0 Å². The van der Waals surface area contributed by atoms with Crippen LogP contribution >= 0.6 is 0 Å². The summed E-state index contributed by atoms with van der Waals surface area (Å²) in [6.45, 7) is 8.34. The lowest BCUT2D eigenvalue weighted by Gasteiger charge is -2.32. The molecule has 0 saturated carbocycles. The number of hydrogen-bond donors (Lipinski definition) is 2. The summed E-state index contributed by atoms with van der Waals surface area (Å²) in [5.41, 5.74) is 9.79. The van der Waals surface area contributed by atoms with Crippen molar-refractivity contribution < 1.29 is 0 Å². The summed E-state index contributed by atoms with van der Waals surface area (Å²) in [5.74, 6) is 0.